The van der Waals surface area contributed by atoms with E-state index in [1.807, 2.05) is 6.33 Å². The molecule has 1 heterocycles. The SMILES string of the molecule is CC(C)C(CN)c1nncn1C1CCCCC1. The van der Waals surface area contributed by atoms with Crippen molar-refractivity contribution < 1.29 is 0 Å². The average Bonchev–Trinajstić information content (AvgIpc) is 2.80. The molecular formula is C13H24N4. The molecule has 2 N–H and O–H groups in total. The van der Waals surface area contributed by atoms with Crippen molar-refractivity contribution in [3.8, 4) is 0 Å². The van der Waals surface area contributed by atoms with Gasteiger partial charge in [-0.15, -0.1) is 10.2 Å². The summed E-state index contributed by atoms with van der Waals surface area (Å²) < 4.78 is 2.29. The fourth-order valence-corrected chi connectivity index (χ4v) is 2.83. The lowest BCUT2D eigenvalue weighted by molar-refractivity contribution is 0.331. The Morgan fingerprint density at radius 3 is 2.65 bits per heavy atom. The number of hydrogen-bond donors (Lipinski definition) is 1. The van der Waals surface area contributed by atoms with E-state index in [1.54, 1.807) is 0 Å². The molecule has 2 rings (SSSR count). The quantitative estimate of drug-likeness (QED) is 0.873. The highest BCUT2D eigenvalue weighted by atomic mass is 15.3. The lowest BCUT2D eigenvalue weighted by atomic mass is 9.92. The van der Waals surface area contributed by atoms with Crippen LogP contribution in [0.3, 0.4) is 0 Å². The third kappa shape index (κ3) is 2.68. The molecule has 1 aliphatic rings. The van der Waals surface area contributed by atoms with Gasteiger partial charge in [0.15, 0.2) is 0 Å². The van der Waals surface area contributed by atoms with Crippen LogP contribution in [-0.2, 0) is 0 Å². The van der Waals surface area contributed by atoms with Crippen molar-refractivity contribution in [3.05, 3.63) is 12.2 Å². The molecule has 0 saturated heterocycles. The van der Waals surface area contributed by atoms with Crippen LogP contribution in [0.5, 0.6) is 0 Å². The maximum absolute atomic E-state index is 5.88. The van der Waals surface area contributed by atoms with Gasteiger partial charge in [-0.1, -0.05) is 33.1 Å². The van der Waals surface area contributed by atoms with Gasteiger partial charge >= 0.3 is 0 Å². The topological polar surface area (TPSA) is 56.7 Å². The highest BCUT2D eigenvalue weighted by molar-refractivity contribution is 5.01. The molecule has 1 unspecified atom stereocenters. The van der Waals surface area contributed by atoms with E-state index in [1.165, 1.54) is 32.1 Å². The van der Waals surface area contributed by atoms with Gasteiger partial charge in [0.1, 0.15) is 12.2 Å². The van der Waals surface area contributed by atoms with Gasteiger partial charge in [-0.2, -0.15) is 0 Å². The van der Waals surface area contributed by atoms with Crippen LogP contribution in [0.25, 0.3) is 0 Å². The van der Waals surface area contributed by atoms with Crippen LogP contribution in [0.1, 0.15) is 63.7 Å². The second kappa shape index (κ2) is 5.63. The summed E-state index contributed by atoms with van der Waals surface area (Å²) in [4.78, 5) is 0. The van der Waals surface area contributed by atoms with E-state index in [-0.39, 0.29) is 0 Å². The molecule has 1 aromatic heterocycles. The summed E-state index contributed by atoms with van der Waals surface area (Å²) in [6, 6.07) is 0.599. The number of rotatable bonds is 4. The first-order valence-corrected chi connectivity index (χ1v) is 6.83. The Morgan fingerprint density at radius 2 is 2.06 bits per heavy atom. The monoisotopic (exact) mass is 236 g/mol. The Balaban J connectivity index is 2.20. The summed E-state index contributed by atoms with van der Waals surface area (Å²) in [6.45, 7) is 5.07. The molecule has 96 valence electrons. The molecule has 0 radical (unpaired) electrons. The number of nitrogens with two attached hydrogens (primary N) is 1. The van der Waals surface area contributed by atoms with Crippen LogP contribution in [0.2, 0.25) is 0 Å². The van der Waals surface area contributed by atoms with Crippen molar-refractivity contribution in [2.45, 2.75) is 57.9 Å². The smallest absolute Gasteiger partial charge is 0.137 e. The maximum Gasteiger partial charge on any atom is 0.137 e. The summed E-state index contributed by atoms with van der Waals surface area (Å²) >= 11 is 0. The minimum absolute atomic E-state index is 0.333. The first-order valence-electron chi connectivity index (χ1n) is 6.83. The fraction of sp³-hybridized carbons (Fsp3) is 0.846. The maximum atomic E-state index is 5.88. The molecule has 1 aliphatic carbocycles. The van der Waals surface area contributed by atoms with Gasteiger partial charge < -0.3 is 10.3 Å². The molecule has 1 saturated carbocycles. The first-order chi connectivity index (χ1) is 8.24. The molecule has 0 spiro atoms. The minimum Gasteiger partial charge on any atom is -0.330 e. The van der Waals surface area contributed by atoms with Crippen LogP contribution < -0.4 is 5.73 Å². The molecule has 4 heteroatoms. The van der Waals surface area contributed by atoms with E-state index in [0.29, 0.717) is 24.4 Å². The molecule has 0 aliphatic heterocycles. The van der Waals surface area contributed by atoms with Gasteiger partial charge in [0.2, 0.25) is 0 Å². The summed E-state index contributed by atoms with van der Waals surface area (Å²) in [5, 5.41) is 8.42. The Hall–Kier alpha value is -0.900. The fourth-order valence-electron chi connectivity index (χ4n) is 2.83. The summed E-state index contributed by atoms with van der Waals surface area (Å²) in [5.74, 6) is 1.94. The third-order valence-corrected chi connectivity index (χ3v) is 3.96. The van der Waals surface area contributed by atoms with E-state index in [9.17, 15) is 0 Å². The molecule has 0 amide bonds. The zero-order valence-electron chi connectivity index (χ0n) is 11.0. The highest BCUT2D eigenvalue weighted by Crippen LogP contribution is 2.31. The van der Waals surface area contributed by atoms with Crippen molar-refractivity contribution in [1.82, 2.24) is 14.8 Å². The van der Waals surface area contributed by atoms with Crippen molar-refractivity contribution in [2.75, 3.05) is 6.54 Å². The van der Waals surface area contributed by atoms with E-state index in [2.05, 4.69) is 28.6 Å². The van der Waals surface area contributed by atoms with Crippen LogP contribution in [0, 0.1) is 5.92 Å². The predicted octanol–water partition coefficient (Wildman–Crippen LogP) is 2.48. The number of nitrogens with zero attached hydrogens (tertiary/aromatic N) is 3. The Bertz CT molecular complexity index is 339. The minimum atomic E-state index is 0.333. The van der Waals surface area contributed by atoms with Crippen LogP contribution in [-0.4, -0.2) is 21.3 Å². The van der Waals surface area contributed by atoms with Gasteiger partial charge in [-0.3, -0.25) is 0 Å². The first kappa shape index (κ1) is 12.6. The summed E-state index contributed by atoms with van der Waals surface area (Å²) in [6.07, 6.45) is 8.46. The summed E-state index contributed by atoms with van der Waals surface area (Å²) in [7, 11) is 0. The third-order valence-electron chi connectivity index (χ3n) is 3.96. The lowest BCUT2D eigenvalue weighted by Crippen LogP contribution is -2.24. The largest absolute Gasteiger partial charge is 0.330 e. The van der Waals surface area contributed by atoms with Gasteiger partial charge in [0.25, 0.3) is 0 Å². The normalized spacial score (nSPS) is 19.8. The van der Waals surface area contributed by atoms with Crippen LogP contribution in [0.15, 0.2) is 6.33 Å². The second-order valence-electron chi connectivity index (χ2n) is 5.47. The van der Waals surface area contributed by atoms with E-state index >= 15 is 0 Å². The van der Waals surface area contributed by atoms with Crippen LogP contribution in [0.4, 0.5) is 0 Å². The van der Waals surface area contributed by atoms with Gasteiger partial charge in [-0.05, 0) is 18.8 Å². The Labute approximate surface area is 104 Å². The van der Waals surface area contributed by atoms with Gasteiger partial charge in [0, 0.05) is 18.5 Å². The zero-order chi connectivity index (χ0) is 12.3. The molecule has 4 nitrogen and oxygen atoms in total. The zero-order valence-corrected chi connectivity index (χ0v) is 11.0. The predicted molar refractivity (Wildman–Crippen MR) is 68.8 cm³/mol. The molecule has 0 bridgehead atoms. The van der Waals surface area contributed by atoms with E-state index in [4.69, 9.17) is 5.73 Å². The van der Waals surface area contributed by atoms with E-state index in [0.717, 1.165) is 5.82 Å². The lowest BCUT2D eigenvalue weighted by Gasteiger charge is -2.27. The van der Waals surface area contributed by atoms with Crippen molar-refractivity contribution in [2.24, 2.45) is 11.7 Å². The molecule has 17 heavy (non-hydrogen) atoms. The van der Waals surface area contributed by atoms with Crippen LogP contribution >= 0.6 is 0 Å². The number of hydrogen-bond acceptors (Lipinski definition) is 3. The van der Waals surface area contributed by atoms with Gasteiger partial charge in [0.05, 0.1) is 0 Å². The molecule has 0 aromatic carbocycles. The van der Waals surface area contributed by atoms with Crippen molar-refractivity contribution in [1.29, 1.82) is 0 Å². The second-order valence-corrected chi connectivity index (χ2v) is 5.47. The Morgan fingerprint density at radius 1 is 1.35 bits per heavy atom. The van der Waals surface area contributed by atoms with E-state index < -0.39 is 0 Å². The Kier molecular flexibility index (Phi) is 4.15. The van der Waals surface area contributed by atoms with Crippen molar-refractivity contribution in [3.63, 3.8) is 0 Å². The molecule has 1 fully saturated rings. The standard InChI is InChI=1S/C13H24N4/c1-10(2)12(8-14)13-16-15-9-17(13)11-6-4-3-5-7-11/h9-12H,3-8,14H2,1-2H3. The molecule has 1 atom stereocenters. The molecule has 1 aromatic rings. The molecular weight excluding hydrogens is 212 g/mol. The van der Waals surface area contributed by atoms with Gasteiger partial charge in [-0.25, -0.2) is 0 Å². The highest BCUT2D eigenvalue weighted by Gasteiger charge is 2.24. The number of aromatic nitrogens is 3. The summed E-state index contributed by atoms with van der Waals surface area (Å²) in [5.41, 5.74) is 5.88. The average molecular weight is 236 g/mol. The van der Waals surface area contributed by atoms with Crippen molar-refractivity contribution >= 4 is 0 Å².